The van der Waals surface area contributed by atoms with Crippen molar-refractivity contribution in [2.75, 3.05) is 19.5 Å². The monoisotopic (exact) mass is 470 g/mol. The molecule has 4 aromatic rings. The number of aromatic nitrogens is 1. The lowest BCUT2D eigenvalue weighted by atomic mass is 10.0. The highest BCUT2D eigenvalue weighted by atomic mass is 16.5. The van der Waals surface area contributed by atoms with Crippen molar-refractivity contribution < 1.29 is 19.1 Å². The molecule has 0 atom stereocenters. The lowest BCUT2D eigenvalue weighted by molar-refractivity contribution is -0.116. The Kier molecular flexibility index (Phi) is 6.96. The molecule has 7 nitrogen and oxygen atoms in total. The van der Waals surface area contributed by atoms with E-state index in [1.807, 2.05) is 19.1 Å². The Bertz CT molecular complexity index is 1450. The average molecular weight is 471 g/mol. The van der Waals surface area contributed by atoms with Gasteiger partial charge in [-0.1, -0.05) is 43.3 Å². The quantitative estimate of drug-likeness (QED) is 0.385. The summed E-state index contributed by atoms with van der Waals surface area (Å²) in [6.07, 6.45) is 2.31. The Morgan fingerprint density at radius 3 is 2.37 bits per heavy atom. The number of methoxy groups -OCH3 is 2. The molecule has 7 heteroatoms. The van der Waals surface area contributed by atoms with Gasteiger partial charge in [0.05, 0.1) is 31.0 Å². The van der Waals surface area contributed by atoms with Gasteiger partial charge in [0.1, 0.15) is 18.0 Å². The number of para-hydroxylation sites is 1. The van der Waals surface area contributed by atoms with Crippen molar-refractivity contribution in [1.29, 1.82) is 0 Å². The Morgan fingerprint density at radius 1 is 0.943 bits per heavy atom. The summed E-state index contributed by atoms with van der Waals surface area (Å²) in [4.78, 5) is 39.4. The maximum atomic E-state index is 13.2. The number of hydrogen-bond acceptors (Lipinski definition) is 5. The number of rotatable bonds is 8. The van der Waals surface area contributed by atoms with Crippen LogP contribution in [0.25, 0.3) is 10.9 Å². The molecule has 1 heterocycles. The van der Waals surface area contributed by atoms with Crippen LogP contribution in [0.3, 0.4) is 0 Å². The highest BCUT2D eigenvalue weighted by Crippen LogP contribution is 2.29. The number of fused-ring (bicyclic) bond motifs is 1. The first-order valence-electron chi connectivity index (χ1n) is 11.2. The van der Waals surface area contributed by atoms with Crippen LogP contribution in [0, 0.1) is 0 Å². The molecule has 0 fully saturated rings. The van der Waals surface area contributed by atoms with Crippen LogP contribution in [0.2, 0.25) is 0 Å². The van der Waals surface area contributed by atoms with Crippen molar-refractivity contribution in [3.63, 3.8) is 0 Å². The highest BCUT2D eigenvalue weighted by molar-refractivity contribution is 6.10. The van der Waals surface area contributed by atoms with E-state index in [0.29, 0.717) is 33.7 Å². The van der Waals surface area contributed by atoms with Crippen LogP contribution in [-0.2, 0) is 17.8 Å². The number of carbonyl (C=O) groups is 2. The normalized spacial score (nSPS) is 10.7. The highest BCUT2D eigenvalue weighted by Gasteiger charge is 2.18. The number of aryl methyl sites for hydroxylation is 1. The van der Waals surface area contributed by atoms with E-state index in [-0.39, 0.29) is 29.2 Å². The summed E-state index contributed by atoms with van der Waals surface area (Å²) < 4.78 is 12.2. The zero-order valence-corrected chi connectivity index (χ0v) is 19.8. The van der Waals surface area contributed by atoms with Gasteiger partial charge in [-0.25, -0.2) is 0 Å². The zero-order valence-electron chi connectivity index (χ0n) is 19.8. The third kappa shape index (κ3) is 4.94. The van der Waals surface area contributed by atoms with Gasteiger partial charge < -0.3 is 19.4 Å². The first kappa shape index (κ1) is 23.8. The number of pyridine rings is 1. The number of anilines is 1. The van der Waals surface area contributed by atoms with Crippen molar-refractivity contribution >= 4 is 28.3 Å². The summed E-state index contributed by atoms with van der Waals surface area (Å²) in [5.74, 6) is 0.315. The van der Waals surface area contributed by atoms with Crippen molar-refractivity contribution in [3.8, 4) is 11.5 Å². The third-order valence-electron chi connectivity index (χ3n) is 5.85. The number of nitrogens with one attached hydrogen (secondary N) is 1. The number of nitrogens with zero attached hydrogens (tertiary/aromatic N) is 1. The van der Waals surface area contributed by atoms with Gasteiger partial charge in [-0.15, -0.1) is 0 Å². The minimum Gasteiger partial charge on any atom is -0.497 e. The summed E-state index contributed by atoms with van der Waals surface area (Å²) >= 11 is 0. The fourth-order valence-electron chi connectivity index (χ4n) is 3.94. The van der Waals surface area contributed by atoms with E-state index in [0.717, 1.165) is 12.0 Å². The molecule has 0 aliphatic heterocycles. The largest absolute Gasteiger partial charge is 0.497 e. The van der Waals surface area contributed by atoms with Crippen molar-refractivity contribution in [1.82, 2.24) is 4.57 Å². The maximum Gasteiger partial charge on any atom is 0.244 e. The molecular formula is C28H26N2O5. The summed E-state index contributed by atoms with van der Waals surface area (Å²) in [7, 11) is 3.05. The molecule has 0 aliphatic rings. The second kappa shape index (κ2) is 10.3. The molecule has 0 bridgehead atoms. The minimum absolute atomic E-state index is 0.0136. The predicted molar refractivity (Wildman–Crippen MR) is 136 cm³/mol. The molecular weight excluding hydrogens is 444 g/mol. The molecule has 0 saturated carbocycles. The Morgan fingerprint density at radius 2 is 1.69 bits per heavy atom. The number of amides is 1. The van der Waals surface area contributed by atoms with E-state index in [4.69, 9.17) is 9.47 Å². The molecule has 0 unspecified atom stereocenters. The molecule has 3 aromatic carbocycles. The smallest absolute Gasteiger partial charge is 0.244 e. The molecule has 0 spiro atoms. The number of benzene rings is 3. The lowest BCUT2D eigenvalue weighted by Crippen LogP contribution is -2.24. The standard InChI is InChI=1S/C28H26N2O5/c1-4-18-9-11-19(12-10-18)27(32)22-16-30(24-8-6-5-7-21(24)28(22)33)17-26(31)29-23-15-20(34-2)13-14-25(23)35-3/h5-16H,4,17H2,1-3H3,(H,29,31). The van der Waals surface area contributed by atoms with E-state index in [9.17, 15) is 14.4 Å². The Hall–Kier alpha value is -4.39. The van der Waals surface area contributed by atoms with Crippen LogP contribution in [0.1, 0.15) is 28.4 Å². The van der Waals surface area contributed by atoms with Gasteiger partial charge >= 0.3 is 0 Å². The molecule has 178 valence electrons. The van der Waals surface area contributed by atoms with E-state index >= 15 is 0 Å². The van der Waals surface area contributed by atoms with Crippen molar-refractivity contribution in [3.05, 3.63) is 99.8 Å². The van der Waals surface area contributed by atoms with Crippen LogP contribution in [-0.4, -0.2) is 30.5 Å². The third-order valence-corrected chi connectivity index (χ3v) is 5.85. The van der Waals surface area contributed by atoms with Crippen LogP contribution >= 0.6 is 0 Å². The maximum absolute atomic E-state index is 13.2. The van der Waals surface area contributed by atoms with Crippen LogP contribution in [0.15, 0.2) is 77.7 Å². The van der Waals surface area contributed by atoms with Gasteiger partial charge in [0, 0.05) is 23.2 Å². The van der Waals surface area contributed by atoms with Crippen molar-refractivity contribution in [2.45, 2.75) is 19.9 Å². The van der Waals surface area contributed by atoms with Gasteiger partial charge in [0.2, 0.25) is 11.3 Å². The Labute approximate surface area is 202 Å². The minimum atomic E-state index is -0.382. The Balaban J connectivity index is 1.71. The second-order valence-corrected chi connectivity index (χ2v) is 8.01. The number of carbonyl (C=O) groups excluding carboxylic acids is 2. The van der Waals surface area contributed by atoms with E-state index in [1.165, 1.54) is 20.4 Å². The first-order chi connectivity index (χ1) is 16.9. The zero-order chi connectivity index (χ0) is 24.9. The summed E-state index contributed by atoms with van der Waals surface area (Å²) in [5, 5.41) is 3.20. The SMILES string of the molecule is CCc1ccc(C(=O)c2cn(CC(=O)Nc3cc(OC)ccc3OC)c3ccccc3c2=O)cc1. The molecule has 1 amide bonds. The van der Waals surface area contributed by atoms with Gasteiger partial charge in [0.15, 0.2) is 5.78 Å². The second-order valence-electron chi connectivity index (χ2n) is 8.01. The van der Waals surface area contributed by atoms with Gasteiger partial charge in [0.25, 0.3) is 0 Å². The van der Waals surface area contributed by atoms with Crippen LogP contribution in [0.5, 0.6) is 11.5 Å². The molecule has 0 saturated heterocycles. The van der Waals surface area contributed by atoms with Gasteiger partial charge in [-0.2, -0.15) is 0 Å². The molecule has 35 heavy (non-hydrogen) atoms. The number of hydrogen-bond donors (Lipinski definition) is 1. The molecule has 4 rings (SSSR count). The lowest BCUT2D eigenvalue weighted by Gasteiger charge is -2.15. The molecule has 0 aliphatic carbocycles. The molecule has 1 aromatic heterocycles. The summed E-state index contributed by atoms with van der Waals surface area (Å²) in [6.45, 7) is 1.92. The van der Waals surface area contributed by atoms with E-state index in [2.05, 4.69) is 5.32 Å². The predicted octanol–water partition coefficient (Wildman–Crippen LogP) is 4.45. The van der Waals surface area contributed by atoms with Crippen LogP contribution in [0.4, 0.5) is 5.69 Å². The summed E-state index contributed by atoms with van der Waals surface area (Å²) in [6, 6.07) is 19.2. The molecule has 0 radical (unpaired) electrons. The van der Waals surface area contributed by atoms with Gasteiger partial charge in [-0.3, -0.25) is 14.4 Å². The number of ketones is 1. The van der Waals surface area contributed by atoms with E-state index < -0.39 is 0 Å². The fourth-order valence-corrected chi connectivity index (χ4v) is 3.94. The first-order valence-corrected chi connectivity index (χ1v) is 11.2. The molecule has 1 N–H and O–H groups in total. The topological polar surface area (TPSA) is 86.6 Å². The van der Waals surface area contributed by atoms with Crippen LogP contribution < -0.4 is 20.2 Å². The number of ether oxygens (including phenoxy) is 2. The van der Waals surface area contributed by atoms with E-state index in [1.54, 1.807) is 59.2 Å². The van der Waals surface area contributed by atoms with Crippen molar-refractivity contribution in [2.24, 2.45) is 0 Å². The average Bonchev–Trinajstić information content (AvgIpc) is 2.90. The van der Waals surface area contributed by atoms with Gasteiger partial charge in [-0.05, 0) is 36.2 Å². The fraction of sp³-hybridized carbons (Fsp3) is 0.179. The summed E-state index contributed by atoms with van der Waals surface area (Å²) in [5.41, 5.74) is 2.18.